The largest absolute Gasteiger partial charge is 0.416 e. The van der Waals surface area contributed by atoms with Crippen LogP contribution in [-0.2, 0) is 6.18 Å². The topological polar surface area (TPSA) is 44.3 Å². The smallest absolute Gasteiger partial charge is 0.370 e. The van der Waals surface area contributed by atoms with E-state index in [1.807, 2.05) is 13.8 Å². The Kier molecular flexibility index (Phi) is 5.47. The van der Waals surface area contributed by atoms with Crippen LogP contribution in [-0.4, -0.2) is 48.3 Å². The van der Waals surface area contributed by atoms with Crippen molar-refractivity contribution in [3.63, 3.8) is 0 Å². The van der Waals surface area contributed by atoms with Gasteiger partial charge in [0.25, 0.3) is 0 Å². The van der Waals surface area contributed by atoms with Gasteiger partial charge in [0.1, 0.15) is 0 Å². The highest BCUT2D eigenvalue weighted by Gasteiger charge is 2.46. The molecule has 2 aliphatic rings. The zero-order chi connectivity index (χ0) is 24.3. The Labute approximate surface area is 198 Å². The number of benzene rings is 2. The van der Waals surface area contributed by atoms with Gasteiger partial charge in [0.2, 0.25) is 0 Å². The molecule has 5 rings (SSSR count). The van der Waals surface area contributed by atoms with Gasteiger partial charge in [-0.2, -0.15) is 18.3 Å². The van der Waals surface area contributed by atoms with Gasteiger partial charge < -0.3 is 15.1 Å². The minimum absolute atomic E-state index is 0.229. The van der Waals surface area contributed by atoms with Crippen molar-refractivity contribution in [1.29, 1.82) is 0 Å². The number of nitrogens with one attached hydrogen (secondary N) is 1. The van der Waals surface area contributed by atoms with Crippen LogP contribution in [0.25, 0.3) is 10.8 Å². The van der Waals surface area contributed by atoms with Crippen molar-refractivity contribution in [3.05, 3.63) is 58.8 Å². The summed E-state index contributed by atoms with van der Waals surface area (Å²) in [5.41, 5.74) is 2.58. The minimum atomic E-state index is -4.38. The van der Waals surface area contributed by atoms with Crippen LogP contribution >= 0.6 is 0 Å². The molecule has 1 atom stereocenters. The molecule has 0 amide bonds. The number of nitrogens with zero attached hydrogens (tertiary/aromatic N) is 4. The van der Waals surface area contributed by atoms with Crippen LogP contribution in [0.15, 0.2) is 36.4 Å². The van der Waals surface area contributed by atoms with E-state index < -0.39 is 11.7 Å². The van der Waals surface area contributed by atoms with Crippen LogP contribution in [0.3, 0.4) is 0 Å². The Bertz CT molecular complexity index is 1230. The number of rotatable bonds is 4. The molecule has 2 saturated heterocycles. The van der Waals surface area contributed by atoms with E-state index >= 15 is 0 Å². The maximum absolute atomic E-state index is 13.4. The Morgan fingerprint density at radius 2 is 1.79 bits per heavy atom. The number of halogens is 3. The number of hydrogen-bond acceptors (Lipinski definition) is 5. The molecule has 2 aliphatic heterocycles. The fourth-order valence-corrected chi connectivity index (χ4v) is 5.66. The highest BCUT2D eigenvalue weighted by molar-refractivity contribution is 5.95. The van der Waals surface area contributed by atoms with Crippen LogP contribution in [0.5, 0.6) is 0 Å². The quantitative estimate of drug-likeness (QED) is 0.540. The van der Waals surface area contributed by atoms with Gasteiger partial charge in [0.05, 0.1) is 17.3 Å². The molecule has 5 nitrogen and oxygen atoms in total. The van der Waals surface area contributed by atoms with E-state index in [2.05, 4.69) is 50.6 Å². The summed E-state index contributed by atoms with van der Waals surface area (Å²) in [5, 5.41) is 14.0. The van der Waals surface area contributed by atoms with Gasteiger partial charge in [-0.3, -0.25) is 0 Å². The van der Waals surface area contributed by atoms with Crippen LogP contribution in [0.1, 0.15) is 41.8 Å². The van der Waals surface area contributed by atoms with Gasteiger partial charge in [0.15, 0.2) is 5.82 Å². The number of aryl methyl sites for hydroxylation is 1. The second-order valence-electron chi connectivity index (χ2n) is 10.1. The SMILES string of the molecule is Cc1c([C@@H](C)Nc2nnc(C)c3ccc(N4CC5(CCN(C)C5)C4)cc23)cccc1C(F)(F)F. The van der Waals surface area contributed by atoms with E-state index in [9.17, 15) is 13.2 Å². The fourth-order valence-electron chi connectivity index (χ4n) is 5.66. The molecule has 3 heterocycles. The molecule has 180 valence electrons. The normalized spacial score (nSPS) is 19.0. The number of hydrogen-bond donors (Lipinski definition) is 1. The number of anilines is 2. The summed E-state index contributed by atoms with van der Waals surface area (Å²) in [6.45, 7) is 9.69. The maximum atomic E-state index is 13.4. The van der Waals surface area contributed by atoms with E-state index in [1.165, 1.54) is 19.4 Å². The summed E-state index contributed by atoms with van der Waals surface area (Å²) < 4.78 is 40.2. The number of alkyl halides is 3. The summed E-state index contributed by atoms with van der Waals surface area (Å²) in [7, 11) is 2.18. The van der Waals surface area contributed by atoms with E-state index in [-0.39, 0.29) is 11.6 Å². The molecule has 0 saturated carbocycles. The molecule has 0 aliphatic carbocycles. The second-order valence-corrected chi connectivity index (χ2v) is 10.1. The van der Waals surface area contributed by atoms with E-state index in [1.54, 1.807) is 6.07 Å². The lowest BCUT2D eigenvalue weighted by Crippen LogP contribution is -2.57. The molecule has 1 N–H and O–H groups in total. The lowest BCUT2D eigenvalue weighted by molar-refractivity contribution is -0.138. The zero-order valence-corrected chi connectivity index (χ0v) is 20.0. The van der Waals surface area contributed by atoms with Gasteiger partial charge in [-0.25, -0.2) is 0 Å². The monoisotopic (exact) mass is 469 g/mol. The minimum Gasteiger partial charge on any atom is -0.370 e. The molecule has 1 aromatic heterocycles. The first-order chi connectivity index (χ1) is 16.1. The number of aromatic nitrogens is 2. The third-order valence-electron chi connectivity index (χ3n) is 7.50. The maximum Gasteiger partial charge on any atom is 0.416 e. The molecule has 0 bridgehead atoms. The second kappa shape index (κ2) is 8.12. The summed E-state index contributed by atoms with van der Waals surface area (Å²) in [6, 6.07) is 10.3. The molecule has 8 heteroatoms. The van der Waals surface area contributed by atoms with Crippen LogP contribution < -0.4 is 10.2 Å². The molecule has 0 radical (unpaired) electrons. The summed E-state index contributed by atoms with van der Waals surface area (Å²) in [5.74, 6) is 0.586. The molecule has 1 spiro atoms. The fraction of sp³-hybridized carbons (Fsp3) is 0.462. The number of likely N-dealkylation sites (tertiary alicyclic amines) is 1. The van der Waals surface area contributed by atoms with Gasteiger partial charge in [-0.15, -0.1) is 5.10 Å². The third kappa shape index (κ3) is 3.98. The average molecular weight is 470 g/mol. The predicted octanol–water partition coefficient (Wildman–Crippen LogP) is 5.58. The van der Waals surface area contributed by atoms with Crippen LogP contribution in [0, 0.1) is 19.3 Å². The van der Waals surface area contributed by atoms with Crippen LogP contribution in [0.2, 0.25) is 0 Å². The highest BCUT2D eigenvalue weighted by atomic mass is 19.4. The highest BCUT2D eigenvalue weighted by Crippen LogP contribution is 2.42. The lowest BCUT2D eigenvalue weighted by Gasteiger charge is -2.49. The van der Waals surface area contributed by atoms with E-state index in [0.717, 1.165) is 54.4 Å². The Hall–Kier alpha value is -2.87. The Morgan fingerprint density at radius 3 is 2.47 bits per heavy atom. The molecule has 2 fully saturated rings. The molecule has 34 heavy (non-hydrogen) atoms. The van der Waals surface area contributed by atoms with Crippen molar-refractivity contribution in [2.75, 3.05) is 43.4 Å². The van der Waals surface area contributed by atoms with Gasteiger partial charge in [-0.1, -0.05) is 18.2 Å². The van der Waals surface area contributed by atoms with Crippen molar-refractivity contribution in [2.24, 2.45) is 5.41 Å². The van der Waals surface area contributed by atoms with Gasteiger partial charge in [-0.05, 0) is 70.1 Å². The molecule has 0 unspecified atom stereocenters. The third-order valence-corrected chi connectivity index (χ3v) is 7.50. The molecule has 3 aromatic rings. The Balaban J connectivity index is 1.44. The first-order valence-corrected chi connectivity index (χ1v) is 11.7. The molecular weight excluding hydrogens is 439 g/mol. The standard InChI is InChI=1S/C26H30F3N5/c1-16-20(6-5-7-23(16)26(27,28)29)17(2)30-24-22-12-19(8-9-21(22)18(3)31-32-24)34-14-25(15-34)10-11-33(4)13-25/h5-9,12,17H,10-11,13-15H2,1-4H3,(H,30,32)/t17-/m1/s1. The van der Waals surface area contributed by atoms with Crippen molar-refractivity contribution in [2.45, 2.75) is 39.4 Å². The van der Waals surface area contributed by atoms with Gasteiger partial charge in [0, 0.05) is 41.5 Å². The summed E-state index contributed by atoms with van der Waals surface area (Å²) in [4.78, 5) is 4.80. The van der Waals surface area contributed by atoms with Crippen molar-refractivity contribution in [3.8, 4) is 0 Å². The van der Waals surface area contributed by atoms with Crippen molar-refractivity contribution in [1.82, 2.24) is 15.1 Å². The van der Waals surface area contributed by atoms with Crippen molar-refractivity contribution < 1.29 is 13.2 Å². The first kappa shape index (κ1) is 22.9. The lowest BCUT2D eigenvalue weighted by atomic mass is 9.78. The van der Waals surface area contributed by atoms with E-state index in [0.29, 0.717) is 16.8 Å². The molecule has 2 aromatic carbocycles. The van der Waals surface area contributed by atoms with Crippen molar-refractivity contribution >= 4 is 22.3 Å². The zero-order valence-electron chi connectivity index (χ0n) is 20.0. The molecular formula is C26H30F3N5. The summed E-state index contributed by atoms with van der Waals surface area (Å²) >= 11 is 0. The Morgan fingerprint density at radius 1 is 1.03 bits per heavy atom. The van der Waals surface area contributed by atoms with Crippen LogP contribution in [0.4, 0.5) is 24.7 Å². The van der Waals surface area contributed by atoms with Gasteiger partial charge >= 0.3 is 6.18 Å². The predicted molar refractivity (Wildman–Crippen MR) is 129 cm³/mol. The van der Waals surface area contributed by atoms with E-state index in [4.69, 9.17) is 0 Å². The average Bonchev–Trinajstić information content (AvgIpc) is 3.16. The summed E-state index contributed by atoms with van der Waals surface area (Å²) in [6.07, 6.45) is -3.15. The first-order valence-electron chi connectivity index (χ1n) is 11.7. The number of fused-ring (bicyclic) bond motifs is 1.